The molecule has 1 aromatic heterocycles. The second-order valence-electron chi connectivity index (χ2n) is 5.33. The number of carbonyl (C=O) groups excluding carboxylic acids is 1. The number of carboxylic acids is 1. The monoisotopic (exact) mass is 337 g/mol. The molecule has 1 heterocycles. The number of hydrogen-bond acceptors (Lipinski definition) is 5. The first-order chi connectivity index (χ1) is 12.1. The predicted molar refractivity (Wildman–Crippen MR) is 91.5 cm³/mol. The zero-order valence-corrected chi connectivity index (χ0v) is 13.4. The predicted octanol–water partition coefficient (Wildman–Crippen LogP) is 3.10. The van der Waals surface area contributed by atoms with Crippen LogP contribution in [0.5, 0.6) is 0 Å². The first-order valence-corrected chi connectivity index (χ1v) is 7.48. The minimum atomic E-state index is -1.04. The number of ether oxygens (including phenoxy) is 1. The number of amides is 1. The SMILES string of the molecule is CN(C(=O)OCc1ccccc1)c1ncnc2cc(C(=O)O)ccc12. The van der Waals surface area contributed by atoms with Crippen LogP contribution in [0.2, 0.25) is 0 Å². The van der Waals surface area contributed by atoms with E-state index in [2.05, 4.69) is 9.97 Å². The molecule has 3 aromatic rings. The summed E-state index contributed by atoms with van der Waals surface area (Å²) in [5.41, 5.74) is 1.43. The summed E-state index contributed by atoms with van der Waals surface area (Å²) in [7, 11) is 1.54. The highest BCUT2D eigenvalue weighted by molar-refractivity contribution is 6.00. The summed E-state index contributed by atoms with van der Waals surface area (Å²) in [4.78, 5) is 32.8. The lowest BCUT2D eigenvalue weighted by Crippen LogP contribution is -2.28. The summed E-state index contributed by atoms with van der Waals surface area (Å²) in [5.74, 6) is -0.697. The highest BCUT2D eigenvalue weighted by Crippen LogP contribution is 2.23. The Kier molecular flexibility index (Phi) is 4.56. The van der Waals surface area contributed by atoms with Gasteiger partial charge in [-0.25, -0.2) is 19.6 Å². The Morgan fingerprint density at radius 3 is 2.60 bits per heavy atom. The summed E-state index contributed by atoms with van der Waals surface area (Å²) in [6.07, 6.45) is 0.718. The van der Waals surface area contributed by atoms with Crippen LogP contribution in [-0.2, 0) is 11.3 Å². The number of rotatable bonds is 4. The van der Waals surface area contributed by atoms with Crippen molar-refractivity contribution in [1.82, 2.24) is 9.97 Å². The molecule has 7 heteroatoms. The Labute approximate surface area is 143 Å². The van der Waals surface area contributed by atoms with Crippen molar-refractivity contribution in [2.75, 3.05) is 11.9 Å². The molecule has 0 spiro atoms. The lowest BCUT2D eigenvalue weighted by Gasteiger charge is -2.17. The van der Waals surface area contributed by atoms with Gasteiger partial charge in [0.05, 0.1) is 11.1 Å². The molecule has 0 aliphatic rings. The summed E-state index contributed by atoms with van der Waals surface area (Å²) < 4.78 is 5.29. The number of hydrogen-bond donors (Lipinski definition) is 1. The average molecular weight is 337 g/mol. The smallest absolute Gasteiger partial charge is 0.415 e. The summed E-state index contributed by atoms with van der Waals surface area (Å²) in [5, 5.41) is 9.62. The van der Waals surface area contributed by atoms with E-state index in [1.54, 1.807) is 13.1 Å². The number of carbonyl (C=O) groups is 2. The van der Waals surface area contributed by atoms with Crippen LogP contribution >= 0.6 is 0 Å². The van der Waals surface area contributed by atoms with Gasteiger partial charge in [0.1, 0.15) is 18.8 Å². The molecule has 0 saturated heterocycles. The van der Waals surface area contributed by atoms with E-state index >= 15 is 0 Å². The minimum Gasteiger partial charge on any atom is -0.478 e. The first-order valence-electron chi connectivity index (χ1n) is 7.48. The van der Waals surface area contributed by atoms with Crippen LogP contribution in [0.25, 0.3) is 10.9 Å². The van der Waals surface area contributed by atoms with Crippen LogP contribution in [-0.4, -0.2) is 34.2 Å². The molecule has 0 fully saturated rings. The number of fused-ring (bicyclic) bond motifs is 1. The normalized spacial score (nSPS) is 10.4. The van der Waals surface area contributed by atoms with Crippen LogP contribution in [0, 0.1) is 0 Å². The third kappa shape index (κ3) is 3.55. The summed E-state index contributed by atoms with van der Waals surface area (Å²) >= 11 is 0. The van der Waals surface area contributed by atoms with Gasteiger partial charge in [-0.1, -0.05) is 30.3 Å². The van der Waals surface area contributed by atoms with Gasteiger partial charge in [0.2, 0.25) is 0 Å². The standard InChI is InChI=1S/C18H15N3O4/c1-21(18(24)25-10-12-5-3-2-4-6-12)16-14-8-7-13(17(22)23)9-15(14)19-11-20-16/h2-9,11H,10H2,1H3,(H,22,23). The van der Waals surface area contributed by atoms with Gasteiger partial charge in [0.25, 0.3) is 0 Å². The summed E-state index contributed by atoms with van der Waals surface area (Å²) in [6.45, 7) is 0.149. The third-order valence-corrected chi connectivity index (χ3v) is 3.66. The third-order valence-electron chi connectivity index (χ3n) is 3.66. The number of aromatic carboxylic acids is 1. The van der Waals surface area contributed by atoms with Crippen molar-refractivity contribution in [3.63, 3.8) is 0 Å². The van der Waals surface area contributed by atoms with Gasteiger partial charge in [-0.15, -0.1) is 0 Å². The van der Waals surface area contributed by atoms with Crippen LogP contribution in [0.1, 0.15) is 15.9 Å². The van der Waals surface area contributed by atoms with Crippen molar-refractivity contribution in [3.8, 4) is 0 Å². The Bertz CT molecular complexity index is 928. The summed E-state index contributed by atoms with van der Waals surface area (Å²) in [6, 6.07) is 13.8. The molecule has 7 nitrogen and oxygen atoms in total. The van der Waals surface area contributed by atoms with E-state index in [1.807, 2.05) is 30.3 Å². The Balaban J connectivity index is 1.82. The van der Waals surface area contributed by atoms with Crippen LogP contribution in [0.15, 0.2) is 54.9 Å². The van der Waals surface area contributed by atoms with E-state index in [4.69, 9.17) is 9.84 Å². The van der Waals surface area contributed by atoms with Crippen molar-refractivity contribution in [3.05, 3.63) is 66.0 Å². The van der Waals surface area contributed by atoms with Gasteiger partial charge >= 0.3 is 12.1 Å². The molecule has 0 atom stereocenters. The molecule has 126 valence electrons. The number of anilines is 1. The molecule has 0 aliphatic heterocycles. The second-order valence-corrected chi connectivity index (χ2v) is 5.33. The molecule has 1 amide bonds. The topological polar surface area (TPSA) is 92.6 Å². The Morgan fingerprint density at radius 1 is 1.12 bits per heavy atom. The van der Waals surface area contributed by atoms with E-state index in [9.17, 15) is 9.59 Å². The zero-order valence-electron chi connectivity index (χ0n) is 13.4. The van der Waals surface area contributed by atoms with Gasteiger partial charge in [-0.05, 0) is 23.8 Å². The van der Waals surface area contributed by atoms with E-state index < -0.39 is 12.1 Å². The van der Waals surface area contributed by atoms with Crippen LogP contribution in [0.4, 0.5) is 10.6 Å². The van der Waals surface area contributed by atoms with E-state index in [0.29, 0.717) is 16.7 Å². The number of carboxylic acid groups (broad SMARTS) is 1. The van der Waals surface area contributed by atoms with Gasteiger partial charge in [0, 0.05) is 12.4 Å². The quantitative estimate of drug-likeness (QED) is 0.786. The molecule has 0 saturated carbocycles. The van der Waals surface area contributed by atoms with Crippen molar-refractivity contribution < 1.29 is 19.4 Å². The maximum absolute atomic E-state index is 12.3. The largest absolute Gasteiger partial charge is 0.478 e. The molecular formula is C18H15N3O4. The van der Waals surface area contributed by atoms with E-state index in [1.165, 1.54) is 23.4 Å². The van der Waals surface area contributed by atoms with Gasteiger partial charge in [0.15, 0.2) is 0 Å². The van der Waals surface area contributed by atoms with Crippen molar-refractivity contribution in [2.45, 2.75) is 6.61 Å². The average Bonchev–Trinajstić information content (AvgIpc) is 2.65. The lowest BCUT2D eigenvalue weighted by molar-refractivity contribution is 0.0697. The van der Waals surface area contributed by atoms with Crippen molar-refractivity contribution in [2.24, 2.45) is 0 Å². The second kappa shape index (κ2) is 6.96. The maximum atomic E-state index is 12.3. The Hall–Kier alpha value is -3.48. The number of aromatic nitrogens is 2. The highest BCUT2D eigenvalue weighted by atomic mass is 16.6. The highest BCUT2D eigenvalue weighted by Gasteiger charge is 2.17. The van der Waals surface area contributed by atoms with Crippen molar-refractivity contribution >= 4 is 28.8 Å². The fraction of sp³-hybridized carbons (Fsp3) is 0.111. The van der Waals surface area contributed by atoms with Gasteiger partial charge < -0.3 is 9.84 Å². The van der Waals surface area contributed by atoms with Gasteiger partial charge in [-0.2, -0.15) is 0 Å². The van der Waals surface area contributed by atoms with E-state index in [0.717, 1.165) is 5.56 Å². The van der Waals surface area contributed by atoms with E-state index in [-0.39, 0.29) is 12.2 Å². The molecule has 25 heavy (non-hydrogen) atoms. The minimum absolute atomic E-state index is 0.117. The van der Waals surface area contributed by atoms with Crippen molar-refractivity contribution in [1.29, 1.82) is 0 Å². The molecule has 0 bridgehead atoms. The number of nitrogens with zero attached hydrogens (tertiary/aromatic N) is 3. The Morgan fingerprint density at radius 2 is 1.88 bits per heavy atom. The fourth-order valence-electron chi connectivity index (χ4n) is 2.35. The maximum Gasteiger partial charge on any atom is 0.415 e. The zero-order chi connectivity index (χ0) is 17.8. The molecule has 0 unspecified atom stereocenters. The van der Waals surface area contributed by atoms with Crippen LogP contribution in [0.3, 0.4) is 0 Å². The molecule has 0 radical (unpaired) electrons. The molecule has 1 N–H and O–H groups in total. The molecule has 2 aromatic carbocycles. The first kappa shape index (κ1) is 16.4. The molecule has 0 aliphatic carbocycles. The molecular weight excluding hydrogens is 322 g/mol. The fourth-order valence-corrected chi connectivity index (χ4v) is 2.35. The lowest BCUT2D eigenvalue weighted by atomic mass is 10.1. The van der Waals surface area contributed by atoms with Gasteiger partial charge in [-0.3, -0.25) is 4.90 Å². The van der Waals surface area contributed by atoms with Crippen LogP contribution < -0.4 is 4.90 Å². The number of benzene rings is 2. The molecule has 3 rings (SSSR count).